The molecule has 0 amide bonds. The van der Waals surface area contributed by atoms with Gasteiger partial charge in [-0.3, -0.25) is 0 Å². The second-order valence-electron chi connectivity index (χ2n) is 8.78. The van der Waals surface area contributed by atoms with Crippen LogP contribution in [0.15, 0.2) is 54.6 Å². The van der Waals surface area contributed by atoms with E-state index in [1.54, 1.807) is 24.3 Å². The van der Waals surface area contributed by atoms with Crippen molar-refractivity contribution in [1.29, 1.82) is 0 Å². The average molecular weight is 542 g/mol. The smallest absolute Gasteiger partial charge is 0.338 e. The second kappa shape index (κ2) is 11.5. The van der Waals surface area contributed by atoms with Gasteiger partial charge in [-0.05, 0) is 47.5 Å². The van der Waals surface area contributed by atoms with Crippen LogP contribution in [-0.4, -0.2) is 84.1 Å². The number of phenolic OH excluding ortho intramolecular Hbond substituents is 5. The fourth-order valence-corrected chi connectivity index (χ4v) is 3.80. The van der Waals surface area contributed by atoms with Gasteiger partial charge in [0.05, 0.1) is 5.56 Å². The number of phenols is 5. The van der Waals surface area contributed by atoms with E-state index in [-0.39, 0.29) is 22.8 Å². The minimum absolute atomic E-state index is 0.0544. The molecule has 12 heteroatoms. The maximum atomic E-state index is 12.3. The van der Waals surface area contributed by atoms with E-state index in [0.717, 1.165) is 17.7 Å². The van der Waals surface area contributed by atoms with Crippen LogP contribution in [-0.2, 0) is 9.47 Å². The first-order valence-corrected chi connectivity index (χ1v) is 11.6. The number of esters is 1. The molecule has 0 aromatic heterocycles. The highest BCUT2D eigenvalue weighted by molar-refractivity contribution is 5.91. The zero-order valence-corrected chi connectivity index (χ0v) is 20.2. The molecule has 1 heterocycles. The molecule has 0 aliphatic carbocycles. The van der Waals surface area contributed by atoms with Gasteiger partial charge in [0, 0.05) is 6.07 Å². The molecule has 3 aromatic carbocycles. The predicted octanol–water partition coefficient (Wildman–Crippen LogP) is 1.43. The quantitative estimate of drug-likeness (QED) is 0.121. The lowest BCUT2D eigenvalue weighted by atomic mass is 9.99. The number of carbonyl (C=O) groups is 1. The van der Waals surface area contributed by atoms with Gasteiger partial charge in [0.1, 0.15) is 48.3 Å². The van der Waals surface area contributed by atoms with Crippen LogP contribution in [0.1, 0.15) is 21.5 Å². The number of hydrogen-bond acceptors (Lipinski definition) is 12. The van der Waals surface area contributed by atoms with E-state index in [0.29, 0.717) is 5.56 Å². The van der Waals surface area contributed by atoms with Crippen molar-refractivity contribution in [3.8, 4) is 34.5 Å². The van der Waals surface area contributed by atoms with E-state index in [4.69, 9.17) is 14.2 Å². The summed E-state index contributed by atoms with van der Waals surface area (Å²) in [5.74, 6) is -3.38. The summed E-state index contributed by atoms with van der Waals surface area (Å²) >= 11 is 0. The Balaban J connectivity index is 1.45. The van der Waals surface area contributed by atoms with Crippen LogP contribution in [0.4, 0.5) is 0 Å². The van der Waals surface area contributed by atoms with E-state index in [2.05, 4.69) is 0 Å². The van der Waals surface area contributed by atoms with Crippen molar-refractivity contribution in [3.63, 3.8) is 0 Å². The number of aromatic hydroxyl groups is 5. The Morgan fingerprint density at radius 2 is 1.41 bits per heavy atom. The lowest BCUT2D eigenvalue weighted by molar-refractivity contribution is -0.277. The van der Waals surface area contributed by atoms with Gasteiger partial charge in [-0.25, -0.2) is 4.79 Å². The first-order valence-electron chi connectivity index (χ1n) is 11.6. The molecule has 0 spiro atoms. The summed E-state index contributed by atoms with van der Waals surface area (Å²) in [5.41, 5.74) is 0.973. The van der Waals surface area contributed by atoms with Crippen LogP contribution in [0, 0.1) is 0 Å². The van der Waals surface area contributed by atoms with Crippen LogP contribution in [0.3, 0.4) is 0 Å². The molecule has 1 fully saturated rings. The largest absolute Gasteiger partial charge is 0.508 e. The summed E-state index contributed by atoms with van der Waals surface area (Å²) in [7, 11) is 0. The van der Waals surface area contributed by atoms with Crippen molar-refractivity contribution in [2.45, 2.75) is 30.7 Å². The molecule has 3 aromatic rings. The maximum absolute atomic E-state index is 12.3. The average Bonchev–Trinajstić information content (AvgIpc) is 2.90. The Kier molecular flexibility index (Phi) is 8.12. The Labute approximate surface area is 221 Å². The third-order valence-electron chi connectivity index (χ3n) is 5.88. The zero-order chi connectivity index (χ0) is 28.3. The molecule has 0 bridgehead atoms. The van der Waals surface area contributed by atoms with Crippen LogP contribution >= 0.6 is 0 Å². The van der Waals surface area contributed by atoms with E-state index < -0.39 is 60.5 Å². The number of rotatable bonds is 7. The minimum atomic E-state index is -1.75. The third kappa shape index (κ3) is 6.51. The first-order chi connectivity index (χ1) is 18.5. The number of benzene rings is 3. The van der Waals surface area contributed by atoms with Gasteiger partial charge in [0.15, 0.2) is 17.2 Å². The molecule has 5 atom stereocenters. The van der Waals surface area contributed by atoms with Crippen molar-refractivity contribution in [2.24, 2.45) is 0 Å². The van der Waals surface area contributed by atoms with Crippen molar-refractivity contribution in [3.05, 3.63) is 71.3 Å². The Morgan fingerprint density at radius 3 is 2.08 bits per heavy atom. The SMILES string of the molecule is O=C(OC[C@H]1O[C@H](Oc2cc(O)cc(C=Cc3ccc(O)cc3)c2)[C@@H](O)[C@H](O)[C@@H]1O)c1cc(O)c(O)c(O)c1. The number of ether oxygens (including phenoxy) is 3. The number of carbonyl (C=O) groups excluding carboxylic acids is 1. The topological polar surface area (TPSA) is 207 Å². The van der Waals surface area contributed by atoms with Gasteiger partial charge in [0.2, 0.25) is 6.29 Å². The summed E-state index contributed by atoms with van der Waals surface area (Å²) in [6, 6.07) is 12.3. The highest BCUT2D eigenvalue weighted by Gasteiger charge is 2.45. The molecule has 1 aliphatic heterocycles. The summed E-state index contributed by atoms with van der Waals surface area (Å²) in [4.78, 5) is 12.3. The van der Waals surface area contributed by atoms with E-state index >= 15 is 0 Å². The number of hydrogen-bond donors (Lipinski definition) is 8. The van der Waals surface area contributed by atoms with Gasteiger partial charge in [-0.15, -0.1) is 0 Å². The Morgan fingerprint density at radius 1 is 0.769 bits per heavy atom. The Bertz CT molecular complexity index is 1330. The van der Waals surface area contributed by atoms with Gasteiger partial charge in [-0.1, -0.05) is 24.3 Å². The molecule has 0 saturated carbocycles. The summed E-state index contributed by atoms with van der Waals surface area (Å²) in [5, 5.41) is 79.1. The second-order valence-corrected chi connectivity index (χ2v) is 8.78. The van der Waals surface area contributed by atoms with Crippen molar-refractivity contribution in [2.75, 3.05) is 6.61 Å². The van der Waals surface area contributed by atoms with Gasteiger partial charge >= 0.3 is 5.97 Å². The molecule has 0 radical (unpaired) electrons. The van der Waals surface area contributed by atoms with Crippen LogP contribution in [0.25, 0.3) is 12.2 Å². The molecule has 1 aliphatic rings. The highest BCUT2D eigenvalue weighted by atomic mass is 16.7. The minimum Gasteiger partial charge on any atom is -0.508 e. The molecule has 1 saturated heterocycles. The monoisotopic (exact) mass is 542 g/mol. The predicted molar refractivity (Wildman–Crippen MR) is 134 cm³/mol. The highest BCUT2D eigenvalue weighted by Crippen LogP contribution is 2.35. The summed E-state index contributed by atoms with van der Waals surface area (Å²) in [6.45, 7) is -0.618. The zero-order valence-electron chi connectivity index (χ0n) is 20.2. The normalized spacial score (nSPS) is 23.0. The first kappa shape index (κ1) is 27.5. The standard InChI is InChI=1S/C27H26O12/c28-16-5-3-13(4-6-16)1-2-14-7-17(29)11-18(8-14)38-27-25(35)24(34)23(33)21(39-27)12-37-26(36)15-9-19(30)22(32)20(31)10-15/h1-11,21,23-25,27-35H,12H2/t21-,23-,24-,25+,27+/m1/s1. The summed E-state index contributed by atoms with van der Waals surface area (Å²) in [6.07, 6.45) is -4.65. The van der Waals surface area contributed by atoms with E-state index in [1.165, 1.54) is 30.3 Å². The van der Waals surface area contributed by atoms with E-state index in [1.807, 2.05) is 0 Å². The molecule has 206 valence electrons. The Hall–Kier alpha value is -4.49. The van der Waals surface area contributed by atoms with Gasteiger partial charge in [0.25, 0.3) is 0 Å². The molecular formula is C27H26O12. The fourth-order valence-electron chi connectivity index (χ4n) is 3.80. The van der Waals surface area contributed by atoms with Crippen LogP contribution in [0.5, 0.6) is 34.5 Å². The lowest BCUT2D eigenvalue weighted by Crippen LogP contribution is -2.60. The number of aliphatic hydroxyl groups is 3. The molecule has 0 unspecified atom stereocenters. The third-order valence-corrected chi connectivity index (χ3v) is 5.88. The van der Waals surface area contributed by atoms with Gasteiger partial charge < -0.3 is 55.1 Å². The van der Waals surface area contributed by atoms with Crippen molar-refractivity contribution < 1.29 is 59.9 Å². The molecule has 4 rings (SSSR count). The molecule has 8 N–H and O–H groups in total. The van der Waals surface area contributed by atoms with Crippen LogP contribution in [0.2, 0.25) is 0 Å². The molecule has 12 nitrogen and oxygen atoms in total. The van der Waals surface area contributed by atoms with Crippen molar-refractivity contribution >= 4 is 18.1 Å². The molecular weight excluding hydrogens is 516 g/mol. The lowest BCUT2D eigenvalue weighted by Gasteiger charge is -2.39. The van der Waals surface area contributed by atoms with Crippen molar-refractivity contribution in [1.82, 2.24) is 0 Å². The van der Waals surface area contributed by atoms with E-state index in [9.17, 15) is 45.6 Å². The van der Waals surface area contributed by atoms with Gasteiger partial charge in [-0.2, -0.15) is 0 Å². The maximum Gasteiger partial charge on any atom is 0.338 e. The van der Waals surface area contributed by atoms with Crippen LogP contribution < -0.4 is 4.74 Å². The summed E-state index contributed by atoms with van der Waals surface area (Å²) < 4.78 is 16.2. The number of aliphatic hydroxyl groups excluding tert-OH is 3. The fraction of sp³-hybridized carbons (Fsp3) is 0.222. The molecule has 39 heavy (non-hydrogen) atoms.